The topological polar surface area (TPSA) is 20.3 Å². The van der Waals surface area contributed by atoms with Gasteiger partial charge in [-0.1, -0.05) is 18.2 Å². The van der Waals surface area contributed by atoms with E-state index in [9.17, 15) is 9.18 Å². The Kier molecular flexibility index (Phi) is 4.34. The highest BCUT2D eigenvalue weighted by atomic mass is 32.1. The molecule has 2 heterocycles. The summed E-state index contributed by atoms with van der Waals surface area (Å²) in [6.45, 7) is 0.838. The third kappa shape index (κ3) is 3.32. The van der Waals surface area contributed by atoms with Crippen molar-refractivity contribution in [3.05, 3.63) is 58.0 Å². The molecular weight excluding hydrogens is 285 g/mol. The molecule has 1 atom stereocenters. The first-order valence-electron chi connectivity index (χ1n) is 7.31. The minimum absolute atomic E-state index is 0.176. The number of hydrogen-bond acceptors (Lipinski definition) is 2. The lowest BCUT2D eigenvalue weighted by Gasteiger charge is -2.24. The zero-order valence-corrected chi connectivity index (χ0v) is 12.6. The van der Waals surface area contributed by atoms with Crippen molar-refractivity contribution >= 4 is 17.2 Å². The van der Waals surface area contributed by atoms with Gasteiger partial charge < -0.3 is 4.90 Å². The van der Waals surface area contributed by atoms with Crippen LogP contribution in [0.25, 0.3) is 0 Å². The first-order valence-corrected chi connectivity index (χ1v) is 8.19. The Bertz CT molecular complexity index is 611. The van der Waals surface area contributed by atoms with E-state index in [4.69, 9.17) is 0 Å². The molecule has 0 radical (unpaired) electrons. The number of carbonyl (C=O) groups is 1. The maximum absolute atomic E-state index is 13.1. The van der Waals surface area contributed by atoms with E-state index >= 15 is 0 Å². The molecule has 0 bridgehead atoms. The van der Waals surface area contributed by atoms with Crippen molar-refractivity contribution in [1.82, 2.24) is 4.90 Å². The fraction of sp³-hybridized carbons (Fsp3) is 0.353. The number of rotatable bonds is 4. The summed E-state index contributed by atoms with van der Waals surface area (Å²) in [5.41, 5.74) is 0.884. The molecule has 1 amide bonds. The third-order valence-electron chi connectivity index (χ3n) is 3.96. The van der Waals surface area contributed by atoms with Gasteiger partial charge in [0, 0.05) is 17.8 Å². The minimum Gasteiger partial charge on any atom is -0.335 e. The van der Waals surface area contributed by atoms with Crippen LogP contribution in [-0.4, -0.2) is 17.4 Å². The van der Waals surface area contributed by atoms with Gasteiger partial charge >= 0.3 is 0 Å². The van der Waals surface area contributed by atoms with E-state index in [1.165, 1.54) is 17.0 Å². The predicted octanol–water partition coefficient (Wildman–Crippen LogP) is 4.18. The fourth-order valence-electron chi connectivity index (χ4n) is 2.93. The fourth-order valence-corrected chi connectivity index (χ4v) is 3.80. The number of benzene rings is 1. The van der Waals surface area contributed by atoms with E-state index < -0.39 is 0 Å². The van der Waals surface area contributed by atoms with Gasteiger partial charge in [0.2, 0.25) is 5.91 Å². The summed E-state index contributed by atoms with van der Waals surface area (Å²) >= 11 is 1.71. The lowest BCUT2D eigenvalue weighted by molar-refractivity contribution is -0.132. The van der Waals surface area contributed by atoms with E-state index in [1.807, 2.05) is 17.0 Å². The second-order valence-electron chi connectivity index (χ2n) is 5.39. The Balaban J connectivity index is 1.62. The van der Waals surface area contributed by atoms with Gasteiger partial charge in [-0.3, -0.25) is 4.79 Å². The van der Waals surface area contributed by atoms with Gasteiger partial charge in [0.1, 0.15) is 5.82 Å². The molecule has 1 aliphatic rings. The monoisotopic (exact) mass is 303 g/mol. The number of halogens is 1. The molecule has 1 unspecified atom stereocenters. The van der Waals surface area contributed by atoms with Crippen molar-refractivity contribution in [3.63, 3.8) is 0 Å². The molecule has 1 aliphatic heterocycles. The van der Waals surface area contributed by atoms with E-state index in [0.29, 0.717) is 12.8 Å². The first-order chi connectivity index (χ1) is 10.2. The van der Waals surface area contributed by atoms with Crippen LogP contribution in [0.5, 0.6) is 0 Å². The number of hydrogen-bond donors (Lipinski definition) is 0. The van der Waals surface area contributed by atoms with Crippen molar-refractivity contribution in [1.29, 1.82) is 0 Å². The summed E-state index contributed by atoms with van der Waals surface area (Å²) in [6.07, 6.45) is 3.16. The maximum Gasteiger partial charge on any atom is 0.223 e. The molecular formula is C17H18FNOS. The van der Waals surface area contributed by atoms with Gasteiger partial charge in [-0.05, 0) is 48.4 Å². The van der Waals surface area contributed by atoms with E-state index in [2.05, 4.69) is 11.4 Å². The molecule has 1 saturated heterocycles. The Morgan fingerprint density at radius 2 is 2.24 bits per heavy atom. The number of thiophene rings is 1. The summed E-state index contributed by atoms with van der Waals surface area (Å²) in [5.74, 6) is -0.0623. The minimum atomic E-state index is -0.238. The Labute approximate surface area is 128 Å². The zero-order valence-electron chi connectivity index (χ0n) is 11.8. The molecule has 21 heavy (non-hydrogen) atoms. The number of nitrogens with zero attached hydrogens (tertiary/aromatic N) is 1. The van der Waals surface area contributed by atoms with Crippen LogP contribution < -0.4 is 0 Å². The molecule has 3 rings (SSSR count). The van der Waals surface area contributed by atoms with Crippen LogP contribution in [0.3, 0.4) is 0 Å². The third-order valence-corrected chi connectivity index (χ3v) is 4.93. The molecule has 1 aromatic heterocycles. The molecule has 0 aliphatic carbocycles. The van der Waals surface area contributed by atoms with Crippen molar-refractivity contribution in [2.75, 3.05) is 6.54 Å². The average Bonchev–Trinajstić information content (AvgIpc) is 3.14. The Morgan fingerprint density at radius 3 is 3.00 bits per heavy atom. The summed E-state index contributed by atoms with van der Waals surface area (Å²) in [4.78, 5) is 15.7. The van der Waals surface area contributed by atoms with Gasteiger partial charge in [0.25, 0.3) is 0 Å². The highest BCUT2D eigenvalue weighted by Crippen LogP contribution is 2.34. The normalized spacial score (nSPS) is 18.1. The average molecular weight is 303 g/mol. The van der Waals surface area contributed by atoms with Crippen LogP contribution in [0, 0.1) is 5.82 Å². The van der Waals surface area contributed by atoms with E-state index in [0.717, 1.165) is 24.9 Å². The molecule has 0 spiro atoms. The standard InChI is InChI=1S/C17H18FNOS/c18-14-5-1-4-13(12-14)8-9-17(20)19-10-2-6-15(19)16-7-3-11-21-16/h1,3-5,7,11-12,15H,2,6,8-10H2. The summed E-state index contributed by atoms with van der Waals surface area (Å²) < 4.78 is 13.1. The van der Waals surface area contributed by atoms with Crippen LogP contribution in [0.1, 0.15) is 35.7 Å². The zero-order chi connectivity index (χ0) is 14.7. The summed E-state index contributed by atoms with van der Waals surface area (Å²) in [7, 11) is 0. The molecule has 1 fully saturated rings. The first kappa shape index (κ1) is 14.3. The lowest BCUT2D eigenvalue weighted by Crippen LogP contribution is -2.30. The van der Waals surface area contributed by atoms with Crippen LogP contribution in [-0.2, 0) is 11.2 Å². The smallest absolute Gasteiger partial charge is 0.223 e. The van der Waals surface area contributed by atoms with Gasteiger partial charge in [-0.2, -0.15) is 0 Å². The molecule has 2 aromatic rings. The SMILES string of the molecule is O=C(CCc1cccc(F)c1)N1CCCC1c1cccs1. The Morgan fingerprint density at radius 1 is 1.33 bits per heavy atom. The number of aryl methyl sites for hydroxylation is 1. The molecule has 110 valence electrons. The van der Waals surface area contributed by atoms with Crippen LogP contribution >= 0.6 is 11.3 Å². The number of carbonyl (C=O) groups excluding carboxylic acids is 1. The van der Waals surface area contributed by atoms with Gasteiger partial charge in [0.15, 0.2) is 0 Å². The molecule has 0 N–H and O–H groups in total. The highest BCUT2D eigenvalue weighted by Gasteiger charge is 2.29. The molecule has 4 heteroatoms. The van der Waals surface area contributed by atoms with E-state index in [1.54, 1.807) is 17.4 Å². The van der Waals surface area contributed by atoms with Gasteiger partial charge in [-0.15, -0.1) is 11.3 Å². The predicted molar refractivity (Wildman–Crippen MR) is 82.7 cm³/mol. The highest BCUT2D eigenvalue weighted by molar-refractivity contribution is 7.10. The van der Waals surface area contributed by atoms with E-state index in [-0.39, 0.29) is 17.8 Å². The number of likely N-dealkylation sites (tertiary alicyclic amines) is 1. The lowest BCUT2D eigenvalue weighted by atomic mass is 10.1. The maximum atomic E-state index is 13.1. The van der Waals surface area contributed by atoms with Gasteiger partial charge in [-0.25, -0.2) is 4.39 Å². The van der Waals surface area contributed by atoms with Crippen LogP contribution in [0.4, 0.5) is 4.39 Å². The molecule has 0 saturated carbocycles. The molecule has 1 aromatic carbocycles. The van der Waals surface area contributed by atoms with Crippen molar-refractivity contribution in [3.8, 4) is 0 Å². The Hall–Kier alpha value is -1.68. The van der Waals surface area contributed by atoms with Crippen molar-refractivity contribution in [2.45, 2.75) is 31.7 Å². The van der Waals surface area contributed by atoms with Crippen LogP contribution in [0.2, 0.25) is 0 Å². The second kappa shape index (κ2) is 6.39. The van der Waals surface area contributed by atoms with Gasteiger partial charge in [0.05, 0.1) is 6.04 Å². The van der Waals surface area contributed by atoms with Crippen molar-refractivity contribution in [2.24, 2.45) is 0 Å². The second-order valence-corrected chi connectivity index (χ2v) is 6.37. The quantitative estimate of drug-likeness (QED) is 0.829. The van der Waals surface area contributed by atoms with Crippen molar-refractivity contribution < 1.29 is 9.18 Å². The van der Waals surface area contributed by atoms with Crippen LogP contribution in [0.15, 0.2) is 41.8 Å². The summed E-state index contributed by atoms with van der Waals surface area (Å²) in [6, 6.07) is 10.9. The summed E-state index contributed by atoms with van der Waals surface area (Å²) in [5, 5.41) is 2.06. The number of amides is 1. The largest absolute Gasteiger partial charge is 0.335 e. The molecule has 2 nitrogen and oxygen atoms in total.